The number of anilines is 1. The van der Waals surface area contributed by atoms with Gasteiger partial charge in [-0.25, -0.2) is 4.98 Å². The molecule has 9 heteroatoms. The number of rotatable bonds is 5. The molecule has 0 N–H and O–H groups in total. The first-order chi connectivity index (χ1) is 13.5. The number of halogens is 1. The normalized spacial score (nSPS) is 10.9. The number of carbonyl (C=O) groups is 1. The molecule has 0 saturated heterocycles. The van der Waals surface area contributed by atoms with Crippen molar-refractivity contribution in [2.24, 2.45) is 0 Å². The van der Waals surface area contributed by atoms with Crippen LogP contribution in [-0.4, -0.2) is 15.8 Å². The fraction of sp³-hybridized carbons (Fsp3) is 0.0526. The van der Waals surface area contributed by atoms with E-state index in [4.69, 9.17) is 16.0 Å². The number of benzene rings is 2. The molecule has 0 aliphatic carbocycles. The maximum absolute atomic E-state index is 13.1. The van der Waals surface area contributed by atoms with Crippen molar-refractivity contribution in [1.82, 2.24) is 4.98 Å². The zero-order valence-corrected chi connectivity index (χ0v) is 15.8. The van der Waals surface area contributed by atoms with Crippen molar-refractivity contribution >= 4 is 50.1 Å². The van der Waals surface area contributed by atoms with E-state index in [1.54, 1.807) is 18.2 Å². The van der Waals surface area contributed by atoms with Crippen LogP contribution in [0.25, 0.3) is 10.2 Å². The van der Waals surface area contributed by atoms with Crippen LogP contribution < -0.4 is 4.90 Å². The molecular weight excluding hydrogens is 402 g/mol. The van der Waals surface area contributed by atoms with Crippen LogP contribution in [0.15, 0.2) is 65.1 Å². The second kappa shape index (κ2) is 7.41. The van der Waals surface area contributed by atoms with Crippen LogP contribution in [0.3, 0.4) is 0 Å². The Hall–Kier alpha value is -3.23. The summed E-state index contributed by atoms with van der Waals surface area (Å²) in [4.78, 5) is 29.2. The molecule has 2 heterocycles. The van der Waals surface area contributed by atoms with Crippen molar-refractivity contribution in [3.63, 3.8) is 0 Å². The molecule has 0 aliphatic heterocycles. The molecule has 0 fully saturated rings. The lowest BCUT2D eigenvalue weighted by molar-refractivity contribution is -0.402. The highest BCUT2D eigenvalue weighted by atomic mass is 35.5. The van der Waals surface area contributed by atoms with E-state index in [2.05, 4.69) is 4.98 Å². The van der Waals surface area contributed by atoms with Gasteiger partial charge in [0.2, 0.25) is 0 Å². The number of amides is 1. The predicted molar refractivity (Wildman–Crippen MR) is 107 cm³/mol. The van der Waals surface area contributed by atoms with Gasteiger partial charge in [0.05, 0.1) is 22.8 Å². The Balaban J connectivity index is 1.75. The lowest BCUT2D eigenvalue weighted by atomic mass is 10.2. The fourth-order valence-corrected chi connectivity index (χ4v) is 3.91. The van der Waals surface area contributed by atoms with Gasteiger partial charge in [0.1, 0.15) is 4.92 Å². The first-order valence-corrected chi connectivity index (χ1v) is 9.37. The van der Waals surface area contributed by atoms with Crippen molar-refractivity contribution in [2.75, 3.05) is 4.90 Å². The number of aromatic nitrogens is 1. The van der Waals surface area contributed by atoms with Crippen LogP contribution in [-0.2, 0) is 6.54 Å². The number of nitro groups is 1. The average molecular weight is 414 g/mol. The molecule has 140 valence electrons. The Morgan fingerprint density at radius 3 is 2.68 bits per heavy atom. The Morgan fingerprint density at radius 1 is 1.18 bits per heavy atom. The standard InChI is InChI=1S/C19H12ClN3O4S/c20-13-6-7-14-16(10-13)28-19(21-14)22(11-12-4-2-1-3-5-12)18(24)15-8-9-17(27-15)23(25)26/h1-10H,11H2. The molecule has 2 aromatic carbocycles. The Bertz CT molecular complexity index is 1170. The SMILES string of the molecule is O=C(c1ccc([N+](=O)[O-])o1)N(Cc1ccccc1)c1nc2ccc(Cl)cc2s1. The highest BCUT2D eigenvalue weighted by molar-refractivity contribution is 7.22. The minimum absolute atomic E-state index is 0.125. The third kappa shape index (κ3) is 3.60. The molecule has 28 heavy (non-hydrogen) atoms. The Labute approximate surface area is 167 Å². The maximum atomic E-state index is 13.1. The van der Waals surface area contributed by atoms with E-state index in [0.717, 1.165) is 16.3 Å². The lowest BCUT2D eigenvalue weighted by Gasteiger charge is -2.18. The molecule has 2 aromatic heterocycles. The zero-order valence-electron chi connectivity index (χ0n) is 14.2. The minimum atomic E-state index is -0.683. The second-order valence-corrected chi connectivity index (χ2v) is 7.33. The maximum Gasteiger partial charge on any atom is 0.433 e. The van der Waals surface area contributed by atoms with Crippen LogP contribution in [0.5, 0.6) is 0 Å². The van der Waals surface area contributed by atoms with Gasteiger partial charge in [0.25, 0.3) is 5.91 Å². The molecule has 0 radical (unpaired) electrons. The van der Waals surface area contributed by atoms with Gasteiger partial charge in [-0.1, -0.05) is 53.3 Å². The average Bonchev–Trinajstić information content (AvgIpc) is 3.33. The first kappa shape index (κ1) is 18.1. The van der Waals surface area contributed by atoms with Gasteiger partial charge in [0, 0.05) is 5.02 Å². The summed E-state index contributed by atoms with van der Waals surface area (Å²) in [7, 11) is 0. The number of thiazole rings is 1. The molecule has 7 nitrogen and oxygen atoms in total. The summed E-state index contributed by atoms with van der Waals surface area (Å²) >= 11 is 7.36. The van der Waals surface area contributed by atoms with Crippen molar-refractivity contribution < 1.29 is 14.1 Å². The summed E-state index contributed by atoms with van der Waals surface area (Å²) < 4.78 is 5.94. The van der Waals surface area contributed by atoms with Crippen molar-refractivity contribution in [2.45, 2.75) is 6.54 Å². The van der Waals surface area contributed by atoms with E-state index in [9.17, 15) is 14.9 Å². The summed E-state index contributed by atoms with van der Waals surface area (Å²) in [5.74, 6) is -1.12. The smallest absolute Gasteiger partial charge is 0.395 e. The number of hydrogen-bond donors (Lipinski definition) is 0. The van der Waals surface area contributed by atoms with Crippen LogP contribution >= 0.6 is 22.9 Å². The van der Waals surface area contributed by atoms with Gasteiger partial charge in [-0.05, 0) is 29.8 Å². The number of furan rings is 1. The first-order valence-electron chi connectivity index (χ1n) is 8.17. The van der Waals surface area contributed by atoms with Gasteiger partial charge in [-0.15, -0.1) is 0 Å². The summed E-state index contributed by atoms with van der Waals surface area (Å²) in [6, 6.07) is 17.1. The van der Waals surface area contributed by atoms with Gasteiger partial charge < -0.3 is 4.42 Å². The fourth-order valence-electron chi connectivity index (χ4n) is 2.67. The van der Waals surface area contributed by atoms with Crippen LogP contribution in [0.4, 0.5) is 11.0 Å². The van der Waals surface area contributed by atoms with E-state index in [1.165, 1.54) is 22.3 Å². The van der Waals surface area contributed by atoms with Crippen LogP contribution in [0.1, 0.15) is 16.1 Å². The summed E-state index contributed by atoms with van der Waals surface area (Å²) in [5, 5.41) is 11.9. The van der Waals surface area contributed by atoms with E-state index in [1.807, 2.05) is 30.3 Å². The molecular formula is C19H12ClN3O4S. The molecule has 0 spiro atoms. The molecule has 1 amide bonds. The van der Waals surface area contributed by atoms with Crippen molar-refractivity contribution in [3.8, 4) is 0 Å². The molecule has 0 unspecified atom stereocenters. The minimum Gasteiger partial charge on any atom is -0.395 e. The molecule has 0 atom stereocenters. The van der Waals surface area contributed by atoms with Crippen molar-refractivity contribution in [1.29, 1.82) is 0 Å². The lowest BCUT2D eigenvalue weighted by Crippen LogP contribution is -2.30. The Morgan fingerprint density at radius 2 is 1.96 bits per heavy atom. The zero-order chi connectivity index (χ0) is 19.7. The predicted octanol–water partition coefficient (Wildman–Crippen LogP) is 5.30. The second-order valence-electron chi connectivity index (χ2n) is 5.88. The van der Waals surface area contributed by atoms with Gasteiger partial charge in [-0.2, -0.15) is 0 Å². The number of hydrogen-bond acceptors (Lipinski definition) is 6. The quantitative estimate of drug-likeness (QED) is 0.327. The van der Waals surface area contributed by atoms with E-state index in [-0.39, 0.29) is 12.3 Å². The molecule has 0 bridgehead atoms. The molecule has 0 aliphatic rings. The Kier molecular flexibility index (Phi) is 4.81. The summed E-state index contributed by atoms with van der Waals surface area (Å²) in [6.07, 6.45) is 0. The van der Waals surface area contributed by atoms with E-state index >= 15 is 0 Å². The van der Waals surface area contributed by atoms with Gasteiger partial charge in [0.15, 0.2) is 10.9 Å². The topological polar surface area (TPSA) is 89.5 Å². The highest BCUT2D eigenvalue weighted by Gasteiger charge is 2.26. The highest BCUT2D eigenvalue weighted by Crippen LogP contribution is 2.33. The van der Waals surface area contributed by atoms with E-state index < -0.39 is 16.7 Å². The van der Waals surface area contributed by atoms with Crippen molar-refractivity contribution in [3.05, 3.63) is 87.1 Å². The molecule has 4 aromatic rings. The monoisotopic (exact) mass is 413 g/mol. The van der Waals surface area contributed by atoms with Gasteiger partial charge >= 0.3 is 5.88 Å². The molecule has 4 rings (SSSR count). The number of carbonyl (C=O) groups excluding carboxylic acids is 1. The number of fused-ring (bicyclic) bond motifs is 1. The largest absolute Gasteiger partial charge is 0.433 e. The number of nitrogens with zero attached hydrogens (tertiary/aromatic N) is 3. The third-order valence-electron chi connectivity index (χ3n) is 3.98. The summed E-state index contributed by atoms with van der Waals surface area (Å²) in [6.45, 7) is 0.238. The molecule has 0 saturated carbocycles. The summed E-state index contributed by atoms with van der Waals surface area (Å²) in [5.41, 5.74) is 1.59. The van der Waals surface area contributed by atoms with Gasteiger partial charge in [-0.3, -0.25) is 19.8 Å². The third-order valence-corrected chi connectivity index (χ3v) is 5.26. The van der Waals surface area contributed by atoms with E-state index in [0.29, 0.717) is 15.7 Å². The van der Waals surface area contributed by atoms with Crippen LogP contribution in [0, 0.1) is 10.1 Å². The van der Waals surface area contributed by atoms with Crippen LogP contribution in [0.2, 0.25) is 5.02 Å².